The first kappa shape index (κ1) is 11.2. The van der Waals surface area contributed by atoms with E-state index in [1.54, 1.807) is 18.6 Å². The minimum atomic E-state index is -0.313. The normalized spacial score (nSPS) is 22.4. The van der Waals surface area contributed by atoms with Crippen LogP contribution >= 0.6 is 0 Å². The molecule has 0 amide bonds. The van der Waals surface area contributed by atoms with Gasteiger partial charge in [-0.15, -0.1) is 0 Å². The number of hydrogen-bond acceptors (Lipinski definition) is 3. The smallest absolute Gasteiger partial charge is 0.142 e. The van der Waals surface area contributed by atoms with Crippen LogP contribution in [0.5, 0.6) is 5.75 Å². The molecule has 0 spiro atoms. The zero-order valence-electron chi connectivity index (χ0n) is 10.0. The maximum absolute atomic E-state index is 13.2. The SMILES string of the molecule is Cn1cncc1C1C[C@H](N)c2ccc(F)cc2O1. The number of aromatic nitrogens is 2. The van der Waals surface area contributed by atoms with E-state index < -0.39 is 0 Å². The molecule has 1 aromatic carbocycles. The summed E-state index contributed by atoms with van der Waals surface area (Å²) in [5.41, 5.74) is 7.91. The van der Waals surface area contributed by atoms with Crippen molar-refractivity contribution in [1.82, 2.24) is 9.55 Å². The van der Waals surface area contributed by atoms with Gasteiger partial charge >= 0.3 is 0 Å². The van der Waals surface area contributed by atoms with Crippen LogP contribution in [0.4, 0.5) is 4.39 Å². The average molecular weight is 247 g/mol. The Morgan fingerprint density at radius 2 is 2.33 bits per heavy atom. The maximum atomic E-state index is 13.2. The minimum absolute atomic E-state index is 0.144. The number of halogens is 1. The Morgan fingerprint density at radius 3 is 3.06 bits per heavy atom. The Labute approximate surface area is 104 Å². The van der Waals surface area contributed by atoms with Gasteiger partial charge in [0.1, 0.15) is 17.7 Å². The summed E-state index contributed by atoms with van der Waals surface area (Å²) < 4.78 is 21.0. The van der Waals surface area contributed by atoms with E-state index in [-0.39, 0.29) is 18.0 Å². The number of aryl methyl sites for hydroxylation is 1. The van der Waals surface area contributed by atoms with Gasteiger partial charge in [-0.05, 0) is 6.07 Å². The molecule has 0 aliphatic carbocycles. The number of fused-ring (bicyclic) bond motifs is 1. The van der Waals surface area contributed by atoms with E-state index >= 15 is 0 Å². The second-order valence-electron chi connectivity index (χ2n) is 4.56. The van der Waals surface area contributed by atoms with Crippen molar-refractivity contribution in [3.63, 3.8) is 0 Å². The van der Waals surface area contributed by atoms with Crippen LogP contribution in [0.25, 0.3) is 0 Å². The number of hydrogen-bond donors (Lipinski definition) is 1. The summed E-state index contributed by atoms with van der Waals surface area (Å²) in [4.78, 5) is 4.06. The van der Waals surface area contributed by atoms with Crippen molar-refractivity contribution in [3.05, 3.63) is 47.8 Å². The van der Waals surface area contributed by atoms with Gasteiger partial charge in [0.2, 0.25) is 0 Å². The van der Waals surface area contributed by atoms with Gasteiger partial charge in [-0.25, -0.2) is 9.37 Å². The highest BCUT2D eigenvalue weighted by Crippen LogP contribution is 2.39. The third-order valence-electron chi connectivity index (χ3n) is 3.30. The molecule has 0 saturated carbocycles. The number of nitrogens with two attached hydrogens (primary N) is 1. The van der Waals surface area contributed by atoms with Gasteiger partial charge in [0.05, 0.1) is 18.2 Å². The van der Waals surface area contributed by atoms with E-state index in [0.717, 1.165) is 11.3 Å². The van der Waals surface area contributed by atoms with Crippen molar-refractivity contribution in [2.75, 3.05) is 0 Å². The fraction of sp³-hybridized carbons (Fsp3) is 0.308. The Bertz CT molecular complexity index is 581. The molecule has 3 rings (SSSR count). The molecular weight excluding hydrogens is 233 g/mol. The minimum Gasteiger partial charge on any atom is -0.484 e. The summed E-state index contributed by atoms with van der Waals surface area (Å²) >= 11 is 0. The first-order valence-electron chi connectivity index (χ1n) is 5.83. The van der Waals surface area contributed by atoms with Crippen LogP contribution in [0.1, 0.15) is 29.8 Å². The summed E-state index contributed by atoms with van der Waals surface area (Å²) in [6.45, 7) is 0. The van der Waals surface area contributed by atoms with Crippen LogP contribution in [-0.4, -0.2) is 9.55 Å². The van der Waals surface area contributed by atoms with E-state index in [2.05, 4.69) is 4.98 Å². The maximum Gasteiger partial charge on any atom is 0.142 e. The zero-order valence-corrected chi connectivity index (χ0v) is 10.0. The van der Waals surface area contributed by atoms with Crippen molar-refractivity contribution in [1.29, 1.82) is 0 Å². The Hall–Kier alpha value is -1.88. The highest BCUT2D eigenvalue weighted by Gasteiger charge is 2.28. The monoisotopic (exact) mass is 247 g/mol. The van der Waals surface area contributed by atoms with Crippen molar-refractivity contribution in [2.24, 2.45) is 12.8 Å². The molecule has 2 aromatic rings. The second-order valence-corrected chi connectivity index (χ2v) is 4.56. The molecule has 0 radical (unpaired) electrons. The first-order chi connectivity index (χ1) is 8.65. The van der Waals surface area contributed by atoms with E-state index in [9.17, 15) is 4.39 Å². The quantitative estimate of drug-likeness (QED) is 0.839. The molecular formula is C13H14FN3O. The fourth-order valence-electron chi connectivity index (χ4n) is 2.33. The molecule has 1 aliphatic rings. The van der Waals surface area contributed by atoms with Gasteiger partial charge in [0.25, 0.3) is 0 Å². The number of ether oxygens (including phenoxy) is 1. The van der Waals surface area contributed by atoms with Crippen molar-refractivity contribution in [2.45, 2.75) is 18.6 Å². The lowest BCUT2D eigenvalue weighted by Gasteiger charge is -2.30. The van der Waals surface area contributed by atoms with E-state index in [1.165, 1.54) is 12.1 Å². The van der Waals surface area contributed by atoms with Crippen LogP contribution in [-0.2, 0) is 7.05 Å². The summed E-state index contributed by atoms with van der Waals surface area (Å²) in [5.74, 6) is 0.214. The number of nitrogens with zero attached hydrogens (tertiary/aromatic N) is 2. The molecule has 1 unspecified atom stereocenters. The molecule has 2 atom stereocenters. The predicted octanol–water partition coefficient (Wildman–Crippen LogP) is 2.08. The molecule has 5 heteroatoms. The average Bonchev–Trinajstić information content (AvgIpc) is 2.74. The predicted molar refractivity (Wildman–Crippen MR) is 64.5 cm³/mol. The van der Waals surface area contributed by atoms with Gasteiger partial charge in [0, 0.05) is 31.1 Å². The summed E-state index contributed by atoms with van der Waals surface area (Å²) in [5, 5.41) is 0. The molecule has 1 aromatic heterocycles. The van der Waals surface area contributed by atoms with E-state index in [1.807, 2.05) is 11.6 Å². The standard InChI is InChI=1S/C13H14FN3O/c1-17-7-16-6-11(17)13-5-10(15)9-3-2-8(14)4-12(9)18-13/h2-4,6-7,10,13H,5,15H2,1H3/t10-,13?/m0/s1. The van der Waals surface area contributed by atoms with Crippen LogP contribution in [0.15, 0.2) is 30.7 Å². The highest BCUT2D eigenvalue weighted by molar-refractivity contribution is 5.39. The number of rotatable bonds is 1. The fourth-order valence-corrected chi connectivity index (χ4v) is 2.33. The van der Waals surface area contributed by atoms with Gasteiger partial charge in [-0.2, -0.15) is 0 Å². The van der Waals surface area contributed by atoms with Crippen LogP contribution < -0.4 is 10.5 Å². The lowest BCUT2D eigenvalue weighted by molar-refractivity contribution is 0.153. The van der Waals surface area contributed by atoms with Gasteiger partial charge in [-0.3, -0.25) is 0 Å². The third-order valence-corrected chi connectivity index (χ3v) is 3.30. The summed E-state index contributed by atoms with van der Waals surface area (Å²) in [6.07, 6.45) is 3.95. The third kappa shape index (κ3) is 1.76. The van der Waals surface area contributed by atoms with Crippen molar-refractivity contribution in [3.8, 4) is 5.75 Å². The molecule has 0 saturated heterocycles. The lowest BCUT2D eigenvalue weighted by Crippen LogP contribution is -2.25. The summed E-state index contributed by atoms with van der Waals surface area (Å²) in [7, 11) is 1.90. The molecule has 94 valence electrons. The largest absolute Gasteiger partial charge is 0.484 e. The Kier molecular flexibility index (Phi) is 2.56. The van der Waals surface area contributed by atoms with E-state index in [4.69, 9.17) is 10.5 Å². The molecule has 0 fully saturated rings. The second kappa shape index (κ2) is 4.10. The first-order valence-corrected chi connectivity index (χ1v) is 5.83. The number of imidazole rings is 1. The van der Waals surface area contributed by atoms with Gasteiger partial charge < -0.3 is 15.0 Å². The molecule has 1 aliphatic heterocycles. The van der Waals surface area contributed by atoms with Crippen molar-refractivity contribution >= 4 is 0 Å². The summed E-state index contributed by atoms with van der Waals surface area (Å²) in [6, 6.07) is 4.34. The molecule has 2 heterocycles. The topological polar surface area (TPSA) is 53.1 Å². The molecule has 0 bridgehead atoms. The zero-order chi connectivity index (χ0) is 12.7. The molecule has 4 nitrogen and oxygen atoms in total. The highest BCUT2D eigenvalue weighted by atomic mass is 19.1. The van der Waals surface area contributed by atoms with Gasteiger partial charge in [-0.1, -0.05) is 6.07 Å². The molecule has 18 heavy (non-hydrogen) atoms. The van der Waals surface area contributed by atoms with E-state index in [0.29, 0.717) is 12.2 Å². The van der Waals surface area contributed by atoms with Crippen LogP contribution in [0, 0.1) is 5.82 Å². The Morgan fingerprint density at radius 1 is 1.50 bits per heavy atom. The van der Waals surface area contributed by atoms with Crippen LogP contribution in [0.2, 0.25) is 0 Å². The van der Waals surface area contributed by atoms with Gasteiger partial charge in [0.15, 0.2) is 0 Å². The van der Waals surface area contributed by atoms with Crippen molar-refractivity contribution < 1.29 is 9.13 Å². The number of benzene rings is 1. The molecule has 2 N–H and O–H groups in total. The van der Waals surface area contributed by atoms with Crippen LogP contribution in [0.3, 0.4) is 0 Å². The lowest BCUT2D eigenvalue weighted by atomic mass is 9.96. The Balaban J connectivity index is 1.98.